The number of rotatable bonds is 3. The first-order valence-electron chi connectivity index (χ1n) is 7.73. The summed E-state index contributed by atoms with van der Waals surface area (Å²) in [5.74, 6) is 0.708. The summed E-state index contributed by atoms with van der Waals surface area (Å²) in [4.78, 5) is 8.93. The number of aliphatic hydroxyl groups is 1. The van der Waals surface area contributed by atoms with Gasteiger partial charge in [-0.3, -0.25) is 0 Å². The molecule has 0 amide bonds. The highest BCUT2D eigenvalue weighted by Crippen LogP contribution is 2.35. The number of fused-ring (bicyclic) bond motifs is 1. The van der Waals surface area contributed by atoms with E-state index < -0.39 is 0 Å². The zero-order valence-corrected chi connectivity index (χ0v) is 13.5. The lowest BCUT2D eigenvalue weighted by atomic mass is 9.84. The minimum Gasteiger partial charge on any atom is -0.512 e. The molecule has 3 rings (SSSR count). The van der Waals surface area contributed by atoms with Crippen LogP contribution in [0.3, 0.4) is 0 Å². The molecule has 23 heavy (non-hydrogen) atoms. The van der Waals surface area contributed by atoms with Crippen LogP contribution in [0.15, 0.2) is 36.2 Å². The average molecular weight is 313 g/mol. The summed E-state index contributed by atoms with van der Waals surface area (Å²) in [6.45, 7) is 5.83. The highest BCUT2D eigenvalue weighted by atomic mass is 19.1. The number of anilines is 2. The van der Waals surface area contributed by atoms with Crippen molar-refractivity contribution in [3.8, 4) is 0 Å². The summed E-state index contributed by atoms with van der Waals surface area (Å²) in [5, 5.41) is 13.3. The number of hydrogen-bond donors (Lipinski definition) is 2. The van der Waals surface area contributed by atoms with Crippen molar-refractivity contribution in [2.75, 3.05) is 5.32 Å². The van der Waals surface area contributed by atoms with E-state index in [1.54, 1.807) is 25.3 Å². The van der Waals surface area contributed by atoms with Crippen molar-refractivity contribution < 1.29 is 9.50 Å². The van der Waals surface area contributed by atoms with Gasteiger partial charge in [-0.05, 0) is 54.7 Å². The molecule has 0 aliphatic heterocycles. The molecule has 0 saturated heterocycles. The van der Waals surface area contributed by atoms with Gasteiger partial charge < -0.3 is 10.4 Å². The van der Waals surface area contributed by atoms with Crippen LogP contribution in [0.2, 0.25) is 0 Å². The molecule has 120 valence electrons. The van der Waals surface area contributed by atoms with E-state index in [4.69, 9.17) is 0 Å². The zero-order valence-electron chi connectivity index (χ0n) is 13.5. The Kier molecular flexibility index (Phi) is 4.03. The molecule has 0 bridgehead atoms. The largest absolute Gasteiger partial charge is 0.512 e. The van der Waals surface area contributed by atoms with Crippen LogP contribution in [0.4, 0.5) is 16.0 Å². The molecule has 0 radical (unpaired) electrons. The van der Waals surface area contributed by atoms with Crippen LogP contribution in [0.5, 0.6) is 0 Å². The number of aliphatic hydroxyl groups excluding tert-OH is 1. The van der Waals surface area contributed by atoms with Crippen LogP contribution in [-0.2, 0) is 6.42 Å². The minimum atomic E-state index is -0.239. The molecule has 4 nitrogen and oxygen atoms in total. The number of aryl methyl sites for hydroxylation is 1. The molecule has 1 heterocycles. The zero-order chi connectivity index (χ0) is 16.6. The summed E-state index contributed by atoms with van der Waals surface area (Å²) in [7, 11) is 0. The normalized spacial score (nSPS) is 16.9. The van der Waals surface area contributed by atoms with Crippen molar-refractivity contribution in [1.82, 2.24) is 9.97 Å². The Balaban J connectivity index is 1.93. The lowest BCUT2D eigenvalue weighted by molar-refractivity contribution is 0.323. The number of aromatic nitrogens is 2. The summed E-state index contributed by atoms with van der Waals surface area (Å²) in [6, 6.07) is 4.79. The van der Waals surface area contributed by atoms with E-state index in [2.05, 4.69) is 29.1 Å². The Hall–Kier alpha value is -2.43. The van der Waals surface area contributed by atoms with Crippen LogP contribution < -0.4 is 5.32 Å². The molecule has 0 fully saturated rings. The number of nitrogens with zero attached hydrogens (tertiary/aromatic N) is 2. The van der Waals surface area contributed by atoms with Crippen LogP contribution >= 0.6 is 0 Å². The molecule has 1 aliphatic carbocycles. The average Bonchev–Trinajstić information content (AvgIpc) is 2.50. The van der Waals surface area contributed by atoms with Crippen molar-refractivity contribution in [3.63, 3.8) is 0 Å². The number of halogens is 1. The van der Waals surface area contributed by atoms with Gasteiger partial charge in [0.15, 0.2) is 0 Å². The molecule has 2 N–H and O–H groups in total. The lowest BCUT2D eigenvalue weighted by Gasteiger charge is -2.26. The highest BCUT2D eigenvalue weighted by molar-refractivity contribution is 5.55. The minimum absolute atomic E-state index is 0.114. The van der Waals surface area contributed by atoms with E-state index in [1.807, 2.05) is 6.08 Å². The summed E-state index contributed by atoms with van der Waals surface area (Å²) >= 11 is 0. The predicted octanol–water partition coefficient (Wildman–Crippen LogP) is 4.41. The third-order valence-electron chi connectivity index (χ3n) is 4.12. The van der Waals surface area contributed by atoms with Crippen LogP contribution in [-0.4, -0.2) is 15.1 Å². The second-order valence-corrected chi connectivity index (χ2v) is 6.25. The van der Waals surface area contributed by atoms with Gasteiger partial charge in [0.1, 0.15) is 5.82 Å². The molecule has 0 saturated carbocycles. The monoisotopic (exact) mass is 313 g/mol. The highest BCUT2D eigenvalue weighted by Gasteiger charge is 2.28. The molecule has 1 aliphatic rings. The summed E-state index contributed by atoms with van der Waals surface area (Å²) < 4.78 is 13.4. The molecular weight excluding hydrogens is 293 g/mol. The SMILES string of the molecule is Cc1cc(Nc2ncc3c(n2)C(C(C)C)C(O)=CC3)ccc1F. The van der Waals surface area contributed by atoms with E-state index >= 15 is 0 Å². The maximum absolute atomic E-state index is 13.4. The van der Waals surface area contributed by atoms with Crippen molar-refractivity contribution >= 4 is 11.6 Å². The van der Waals surface area contributed by atoms with Crippen LogP contribution in [0, 0.1) is 18.7 Å². The molecular formula is C18H20FN3O. The van der Waals surface area contributed by atoms with Gasteiger partial charge >= 0.3 is 0 Å². The fourth-order valence-corrected chi connectivity index (χ4v) is 2.90. The lowest BCUT2D eigenvalue weighted by Crippen LogP contribution is -2.19. The third kappa shape index (κ3) is 3.04. The predicted molar refractivity (Wildman–Crippen MR) is 88.4 cm³/mol. The van der Waals surface area contributed by atoms with Gasteiger partial charge in [-0.1, -0.05) is 13.8 Å². The van der Waals surface area contributed by atoms with Gasteiger partial charge in [-0.25, -0.2) is 14.4 Å². The fourth-order valence-electron chi connectivity index (χ4n) is 2.90. The van der Waals surface area contributed by atoms with Crippen molar-refractivity contribution in [1.29, 1.82) is 0 Å². The van der Waals surface area contributed by atoms with Gasteiger partial charge in [0.05, 0.1) is 17.4 Å². The molecule has 1 unspecified atom stereocenters. The standard InChI is InChI=1S/C18H20FN3O/c1-10(2)16-15(23)7-4-12-9-20-18(22-17(12)16)21-13-5-6-14(19)11(3)8-13/h5-10,16,23H,4H2,1-3H3,(H,20,21,22). The molecule has 1 aromatic heterocycles. The Bertz CT molecular complexity index is 771. The number of benzene rings is 1. The topological polar surface area (TPSA) is 58.0 Å². The molecule has 5 heteroatoms. The first-order chi connectivity index (χ1) is 11.0. The van der Waals surface area contributed by atoms with Crippen molar-refractivity contribution in [2.24, 2.45) is 5.92 Å². The fraction of sp³-hybridized carbons (Fsp3) is 0.333. The Labute approximate surface area is 135 Å². The van der Waals surface area contributed by atoms with Gasteiger partial charge in [0, 0.05) is 11.9 Å². The Morgan fingerprint density at radius 2 is 2.13 bits per heavy atom. The number of nitrogens with one attached hydrogen (secondary N) is 1. The van der Waals surface area contributed by atoms with E-state index in [1.165, 1.54) is 6.07 Å². The molecule has 1 atom stereocenters. The van der Waals surface area contributed by atoms with Crippen LogP contribution in [0.25, 0.3) is 0 Å². The van der Waals surface area contributed by atoms with E-state index in [0.717, 1.165) is 16.9 Å². The Morgan fingerprint density at radius 1 is 1.35 bits per heavy atom. The van der Waals surface area contributed by atoms with E-state index in [0.29, 0.717) is 23.7 Å². The van der Waals surface area contributed by atoms with Crippen molar-refractivity contribution in [3.05, 3.63) is 58.9 Å². The first-order valence-corrected chi connectivity index (χ1v) is 7.73. The second kappa shape index (κ2) is 5.99. The maximum atomic E-state index is 13.4. The third-order valence-corrected chi connectivity index (χ3v) is 4.12. The van der Waals surface area contributed by atoms with E-state index in [9.17, 15) is 9.50 Å². The van der Waals surface area contributed by atoms with Gasteiger partial charge in [-0.15, -0.1) is 0 Å². The number of allylic oxidation sites excluding steroid dienone is 2. The number of hydrogen-bond acceptors (Lipinski definition) is 4. The first kappa shape index (κ1) is 15.5. The van der Waals surface area contributed by atoms with Crippen molar-refractivity contribution in [2.45, 2.75) is 33.1 Å². The molecule has 1 aromatic carbocycles. The van der Waals surface area contributed by atoms with Gasteiger partial charge in [0.25, 0.3) is 0 Å². The van der Waals surface area contributed by atoms with E-state index in [-0.39, 0.29) is 17.7 Å². The molecule has 0 spiro atoms. The summed E-state index contributed by atoms with van der Waals surface area (Å²) in [5.41, 5.74) is 3.19. The van der Waals surface area contributed by atoms with Gasteiger partial charge in [0.2, 0.25) is 5.95 Å². The Morgan fingerprint density at radius 3 is 2.83 bits per heavy atom. The van der Waals surface area contributed by atoms with Crippen LogP contribution in [0.1, 0.15) is 36.6 Å². The smallest absolute Gasteiger partial charge is 0.227 e. The molecule has 2 aromatic rings. The summed E-state index contributed by atoms with van der Waals surface area (Å²) in [6.07, 6.45) is 4.26. The van der Waals surface area contributed by atoms with Gasteiger partial charge in [-0.2, -0.15) is 0 Å². The second-order valence-electron chi connectivity index (χ2n) is 6.25. The maximum Gasteiger partial charge on any atom is 0.227 e. The quantitative estimate of drug-likeness (QED) is 0.881.